The summed E-state index contributed by atoms with van der Waals surface area (Å²) in [5, 5.41) is 9.80. The Morgan fingerprint density at radius 1 is 1.24 bits per heavy atom. The number of thioether (sulfide) groups is 1. The molecule has 1 aromatic carbocycles. The SMILES string of the molecule is Cc1cc(C)c(C(=O)O)c(SCc2cc(F)ccc2C)n1. The van der Waals surface area contributed by atoms with Crippen LogP contribution in [0.5, 0.6) is 0 Å². The summed E-state index contributed by atoms with van der Waals surface area (Å²) >= 11 is 1.32. The van der Waals surface area contributed by atoms with E-state index >= 15 is 0 Å². The molecule has 2 rings (SSSR count). The third-order valence-corrected chi connectivity index (χ3v) is 4.23. The molecule has 0 unspecified atom stereocenters. The molecule has 0 aliphatic heterocycles. The summed E-state index contributed by atoms with van der Waals surface area (Å²) in [5.74, 6) is -0.791. The molecule has 110 valence electrons. The second-order valence-electron chi connectivity index (χ2n) is 4.93. The van der Waals surface area contributed by atoms with Gasteiger partial charge in [-0.2, -0.15) is 0 Å². The van der Waals surface area contributed by atoms with E-state index in [2.05, 4.69) is 4.98 Å². The molecule has 1 heterocycles. The Morgan fingerprint density at radius 3 is 2.62 bits per heavy atom. The Bertz CT molecular complexity index is 701. The van der Waals surface area contributed by atoms with Crippen molar-refractivity contribution in [2.75, 3.05) is 0 Å². The maximum atomic E-state index is 13.3. The number of aromatic carboxylic acids is 1. The van der Waals surface area contributed by atoms with Crippen molar-refractivity contribution in [1.29, 1.82) is 0 Å². The van der Waals surface area contributed by atoms with Crippen LogP contribution >= 0.6 is 11.8 Å². The van der Waals surface area contributed by atoms with Crippen molar-refractivity contribution in [3.8, 4) is 0 Å². The molecule has 1 aromatic heterocycles. The molecule has 0 atom stereocenters. The van der Waals surface area contributed by atoms with Gasteiger partial charge in [0.25, 0.3) is 0 Å². The fourth-order valence-electron chi connectivity index (χ4n) is 2.11. The maximum Gasteiger partial charge on any atom is 0.338 e. The average molecular weight is 305 g/mol. The highest BCUT2D eigenvalue weighted by Crippen LogP contribution is 2.28. The summed E-state index contributed by atoms with van der Waals surface area (Å²) in [6.07, 6.45) is 0. The number of pyridine rings is 1. The predicted molar refractivity (Wildman–Crippen MR) is 81.4 cm³/mol. The van der Waals surface area contributed by atoms with E-state index < -0.39 is 5.97 Å². The molecule has 1 N–H and O–H groups in total. The fourth-order valence-corrected chi connectivity index (χ4v) is 3.31. The van der Waals surface area contributed by atoms with Crippen molar-refractivity contribution in [2.24, 2.45) is 0 Å². The van der Waals surface area contributed by atoms with E-state index in [1.165, 1.54) is 23.9 Å². The molecular formula is C16H16FNO2S. The molecule has 2 aromatic rings. The third-order valence-electron chi connectivity index (χ3n) is 3.20. The summed E-state index contributed by atoms with van der Waals surface area (Å²) in [6.45, 7) is 5.49. The lowest BCUT2D eigenvalue weighted by molar-refractivity contribution is 0.0691. The molecule has 0 aliphatic rings. The van der Waals surface area contributed by atoms with Gasteiger partial charge in [-0.05, 0) is 55.7 Å². The maximum absolute atomic E-state index is 13.3. The first-order valence-electron chi connectivity index (χ1n) is 6.48. The summed E-state index contributed by atoms with van der Waals surface area (Å²) in [6, 6.07) is 6.37. The van der Waals surface area contributed by atoms with Crippen LogP contribution in [0.3, 0.4) is 0 Å². The second kappa shape index (κ2) is 6.26. The smallest absolute Gasteiger partial charge is 0.338 e. The van der Waals surface area contributed by atoms with Crippen molar-refractivity contribution in [3.05, 3.63) is 58.0 Å². The number of carboxylic acids is 1. The van der Waals surface area contributed by atoms with E-state index in [9.17, 15) is 14.3 Å². The van der Waals surface area contributed by atoms with Crippen LogP contribution in [-0.4, -0.2) is 16.1 Å². The zero-order valence-corrected chi connectivity index (χ0v) is 12.9. The summed E-state index contributed by atoms with van der Waals surface area (Å²) in [7, 11) is 0. The van der Waals surface area contributed by atoms with E-state index in [4.69, 9.17) is 0 Å². The molecule has 0 fully saturated rings. The average Bonchev–Trinajstić information content (AvgIpc) is 2.38. The number of hydrogen-bond acceptors (Lipinski definition) is 3. The summed E-state index contributed by atoms with van der Waals surface area (Å²) in [5.41, 5.74) is 3.51. The van der Waals surface area contributed by atoms with E-state index in [0.717, 1.165) is 16.8 Å². The van der Waals surface area contributed by atoms with Crippen LogP contribution in [0, 0.1) is 26.6 Å². The van der Waals surface area contributed by atoms with Gasteiger partial charge < -0.3 is 5.11 Å². The van der Waals surface area contributed by atoms with Crippen LogP contribution in [0.25, 0.3) is 0 Å². The van der Waals surface area contributed by atoms with Crippen LogP contribution < -0.4 is 0 Å². The highest BCUT2D eigenvalue weighted by atomic mass is 32.2. The first-order chi connectivity index (χ1) is 9.88. The highest BCUT2D eigenvalue weighted by molar-refractivity contribution is 7.98. The molecule has 0 spiro atoms. The number of carbonyl (C=O) groups is 1. The third kappa shape index (κ3) is 3.61. The van der Waals surface area contributed by atoms with Crippen LogP contribution in [0.4, 0.5) is 4.39 Å². The minimum atomic E-state index is -0.988. The number of halogens is 1. The number of rotatable bonds is 4. The molecule has 5 heteroatoms. The van der Waals surface area contributed by atoms with Crippen LogP contribution in [0.2, 0.25) is 0 Å². The van der Waals surface area contributed by atoms with Crippen molar-refractivity contribution < 1.29 is 14.3 Å². The van der Waals surface area contributed by atoms with Gasteiger partial charge in [-0.1, -0.05) is 6.07 Å². The van der Waals surface area contributed by atoms with Crippen molar-refractivity contribution in [3.63, 3.8) is 0 Å². The van der Waals surface area contributed by atoms with Gasteiger partial charge in [-0.25, -0.2) is 14.2 Å². The first-order valence-corrected chi connectivity index (χ1v) is 7.46. The van der Waals surface area contributed by atoms with Crippen LogP contribution in [0.15, 0.2) is 29.3 Å². The number of benzene rings is 1. The molecule has 0 aliphatic carbocycles. The van der Waals surface area contributed by atoms with Gasteiger partial charge >= 0.3 is 5.97 Å². The quantitative estimate of drug-likeness (QED) is 0.863. The van der Waals surface area contributed by atoms with Gasteiger partial charge in [0.05, 0.1) is 5.56 Å². The topological polar surface area (TPSA) is 50.2 Å². The standard InChI is InChI=1S/C16H16FNO2S/c1-9-4-5-13(17)7-12(9)8-21-15-14(16(19)20)10(2)6-11(3)18-15/h4-7H,8H2,1-3H3,(H,19,20). The lowest BCUT2D eigenvalue weighted by Crippen LogP contribution is -2.05. The number of aromatic nitrogens is 1. The zero-order chi connectivity index (χ0) is 15.6. The van der Waals surface area contributed by atoms with Gasteiger partial charge in [0.2, 0.25) is 0 Å². The Kier molecular flexibility index (Phi) is 4.63. The normalized spacial score (nSPS) is 10.7. The number of carboxylic acid groups (broad SMARTS) is 1. The van der Waals surface area contributed by atoms with Crippen LogP contribution in [0.1, 0.15) is 32.7 Å². The van der Waals surface area contributed by atoms with Gasteiger partial charge in [-0.15, -0.1) is 11.8 Å². The summed E-state index contributed by atoms with van der Waals surface area (Å²) in [4.78, 5) is 15.7. The second-order valence-corrected chi connectivity index (χ2v) is 5.89. The van der Waals surface area contributed by atoms with E-state index in [1.54, 1.807) is 19.1 Å². The number of nitrogens with zero attached hydrogens (tertiary/aromatic N) is 1. The Labute approximate surface area is 127 Å². The van der Waals surface area contributed by atoms with Crippen molar-refractivity contribution >= 4 is 17.7 Å². The van der Waals surface area contributed by atoms with Gasteiger partial charge in [0.15, 0.2) is 0 Å². The first kappa shape index (κ1) is 15.5. The Hall–Kier alpha value is -1.88. The summed E-state index contributed by atoms with van der Waals surface area (Å²) < 4.78 is 13.3. The molecule has 0 bridgehead atoms. The largest absolute Gasteiger partial charge is 0.478 e. The highest BCUT2D eigenvalue weighted by Gasteiger charge is 2.16. The lowest BCUT2D eigenvalue weighted by Gasteiger charge is -2.10. The van der Waals surface area contributed by atoms with Crippen molar-refractivity contribution in [2.45, 2.75) is 31.6 Å². The molecule has 0 saturated heterocycles. The molecule has 21 heavy (non-hydrogen) atoms. The molecular weight excluding hydrogens is 289 g/mol. The monoisotopic (exact) mass is 305 g/mol. The molecule has 3 nitrogen and oxygen atoms in total. The fraction of sp³-hybridized carbons (Fsp3) is 0.250. The van der Waals surface area contributed by atoms with E-state index in [-0.39, 0.29) is 11.4 Å². The molecule has 0 amide bonds. The van der Waals surface area contributed by atoms with Gasteiger partial charge in [0.1, 0.15) is 10.8 Å². The zero-order valence-electron chi connectivity index (χ0n) is 12.1. The minimum absolute atomic E-state index is 0.222. The Morgan fingerprint density at radius 2 is 1.95 bits per heavy atom. The number of aryl methyl sites for hydroxylation is 3. The lowest BCUT2D eigenvalue weighted by atomic mass is 10.1. The predicted octanol–water partition coefficient (Wildman–Crippen LogP) is 4.14. The van der Waals surface area contributed by atoms with E-state index in [1.807, 2.05) is 13.8 Å². The molecule has 0 radical (unpaired) electrons. The Balaban J connectivity index is 2.31. The minimum Gasteiger partial charge on any atom is -0.478 e. The van der Waals surface area contributed by atoms with Gasteiger partial charge in [-0.3, -0.25) is 0 Å². The van der Waals surface area contributed by atoms with E-state index in [0.29, 0.717) is 16.3 Å². The number of hydrogen-bond donors (Lipinski definition) is 1. The van der Waals surface area contributed by atoms with Crippen LogP contribution in [-0.2, 0) is 5.75 Å². The molecule has 0 saturated carbocycles. The van der Waals surface area contributed by atoms with Gasteiger partial charge in [0, 0.05) is 11.4 Å². The van der Waals surface area contributed by atoms with Crippen molar-refractivity contribution in [1.82, 2.24) is 4.98 Å².